The molecule has 30 heavy (non-hydrogen) atoms. The van der Waals surface area contributed by atoms with E-state index in [0.717, 1.165) is 17.1 Å². The van der Waals surface area contributed by atoms with E-state index in [2.05, 4.69) is 20.6 Å². The van der Waals surface area contributed by atoms with Crippen molar-refractivity contribution in [3.8, 4) is 0 Å². The van der Waals surface area contributed by atoms with Gasteiger partial charge in [0.2, 0.25) is 11.8 Å². The second kappa shape index (κ2) is 9.36. The molecule has 1 aliphatic heterocycles. The number of amides is 2. The van der Waals surface area contributed by atoms with Crippen molar-refractivity contribution in [1.82, 2.24) is 19.6 Å². The number of halogens is 1. The molecule has 1 aromatic carbocycles. The summed E-state index contributed by atoms with van der Waals surface area (Å²) in [6, 6.07) is 5.56. The van der Waals surface area contributed by atoms with Crippen LogP contribution in [0.3, 0.4) is 0 Å². The molecule has 1 aromatic heterocycles. The maximum atomic E-state index is 13.2. The number of aromatic nitrogens is 2. The highest BCUT2D eigenvalue weighted by Gasteiger charge is 2.27. The Labute approximate surface area is 176 Å². The highest BCUT2D eigenvalue weighted by atomic mass is 19.1. The van der Waals surface area contributed by atoms with Crippen LogP contribution in [0.4, 0.5) is 15.8 Å². The zero-order chi connectivity index (χ0) is 21.8. The molecule has 1 saturated heterocycles. The first-order valence-corrected chi connectivity index (χ1v) is 10.1. The van der Waals surface area contributed by atoms with Crippen molar-refractivity contribution >= 4 is 23.2 Å². The molecule has 1 atom stereocenters. The summed E-state index contributed by atoms with van der Waals surface area (Å²) in [4.78, 5) is 29.1. The summed E-state index contributed by atoms with van der Waals surface area (Å²) in [5.41, 5.74) is 2.93. The first-order valence-electron chi connectivity index (χ1n) is 10.1. The molecule has 8 nitrogen and oxygen atoms in total. The van der Waals surface area contributed by atoms with Gasteiger partial charge in [-0.25, -0.2) is 4.39 Å². The maximum Gasteiger partial charge on any atom is 0.241 e. The SMILES string of the molecule is Cc1nn(C)c(C)c1NC(=O)[C@@H](C)N1CCN(CC(=O)Nc2cccc(F)c2)CC1. The van der Waals surface area contributed by atoms with Gasteiger partial charge in [0.25, 0.3) is 0 Å². The number of anilines is 2. The zero-order valence-electron chi connectivity index (χ0n) is 17.9. The second-order valence-corrected chi connectivity index (χ2v) is 7.71. The van der Waals surface area contributed by atoms with Crippen molar-refractivity contribution in [3.63, 3.8) is 0 Å². The minimum atomic E-state index is -0.384. The summed E-state index contributed by atoms with van der Waals surface area (Å²) in [7, 11) is 1.85. The van der Waals surface area contributed by atoms with E-state index in [1.54, 1.807) is 16.8 Å². The molecule has 162 valence electrons. The van der Waals surface area contributed by atoms with E-state index in [0.29, 0.717) is 31.9 Å². The third-order valence-corrected chi connectivity index (χ3v) is 5.57. The monoisotopic (exact) mass is 416 g/mol. The summed E-state index contributed by atoms with van der Waals surface area (Å²) in [5.74, 6) is -0.626. The Morgan fingerprint density at radius 1 is 1.17 bits per heavy atom. The number of aryl methyl sites for hydroxylation is 2. The van der Waals surface area contributed by atoms with Gasteiger partial charge < -0.3 is 10.6 Å². The van der Waals surface area contributed by atoms with Crippen molar-refractivity contribution in [2.24, 2.45) is 7.05 Å². The van der Waals surface area contributed by atoms with Gasteiger partial charge in [0.05, 0.1) is 29.7 Å². The van der Waals surface area contributed by atoms with Crippen molar-refractivity contribution < 1.29 is 14.0 Å². The van der Waals surface area contributed by atoms with Gasteiger partial charge in [0.15, 0.2) is 0 Å². The number of piperazine rings is 1. The summed E-state index contributed by atoms with van der Waals surface area (Å²) < 4.78 is 15.0. The predicted molar refractivity (Wildman–Crippen MR) is 114 cm³/mol. The molecule has 0 unspecified atom stereocenters. The van der Waals surface area contributed by atoms with Gasteiger partial charge in [-0.3, -0.25) is 24.1 Å². The van der Waals surface area contributed by atoms with Crippen molar-refractivity contribution in [3.05, 3.63) is 41.5 Å². The quantitative estimate of drug-likeness (QED) is 0.750. The standard InChI is InChI=1S/C21H29FN6O2/c1-14-20(15(2)26(4)25-14)24-21(30)16(3)28-10-8-27(9-11-28)13-19(29)23-18-7-5-6-17(22)12-18/h5-7,12,16H,8-11,13H2,1-4H3,(H,23,29)(H,24,30)/t16-/m1/s1. The van der Waals surface area contributed by atoms with Crippen LogP contribution in [0.5, 0.6) is 0 Å². The number of nitrogens with zero attached hydrogens (tertiary/aromatic N) is 4. The lowest BCUT2D eigenvalue weighted by Gasteiger charge is -2.37. The van der Waals surface area contributed by atoms with E-state index < -0.39 is 0 Å². The van der Waals surface area contributed by atoms with E-state index in [9.17, 15) is 14.0 Å². The van der Waals surface area contributed by atoms with Crippen LogP contribution in [0.25, 0.3) is 0 Å². The van der Waals surface area contributed by atoms with Crippen molar-refractivity contribution in [1.29, 1.82) is 0 Å². The van der Waals surface area contributed by atoms with E-state index in [4.69, 9.17) is 0 Å². The molecule has 3 rings (SSSR count). The normalized spacial score (nSPS) is 16.3. The molecule has 0 radical (unpaired) electrons. The highest BCUT2D eigenvalue weighted by Crippen LogP contribution is 2.19. The minimum absolute atomic E-state index is 0.0634. The zero-order valence-corrected chi connectivity index (χ0v) is 17.9. The smallest absolute Gasteiger partial charge is 0.241 e. The van der Waals surface area contributed by atoms with Crippen LogP contribution < -0.4 is 10.6 Å². The Balaban J connectivity index is 1.47. The first kappa shape index (κ1) is 21.9. The number of hydrogen-bond acceptors (Lipinski definition) is 5. The van der Waals surface area contributed by atoms with E-state index >= 15 is 0 Å². The van der Waals surface area contributed by atoms with Crippen LogP contribution in [0.15, 0.2) is 24.3 Å². The maximum absolute atomic E-state index is 13.2. The Hall–Kier alpha value is -2.78. The Morgan fingerprint density at radius 3 is 2.47 bits per heavy atom. The molecule has 0 spiro atoms. The average Bonchev–Trinajstić information content (AvgIpc) is 2.94. The second-order valence-electron chi connectivity index (χ2n) is 7.71. The third-order valence-electron chi connectivity index (χ3n) is 5.57. The van der Waals surface area contributed by atoms with Gasteiger partial charge in [0.1, 0.15) is 5.82 Å². The molecule has 0 bridgehead atoms. The lowest BCUT2D eigenvalue weighted by atomic mass is 10.2. The molecule has 2 amide bonds. The van der Waals surface area contributed by atoms with Crippen molar-refractivity contribution in [2.45, 2.75) is 26.8 Å². The summed E-state index contributed by atoms with van der Waals surface area (Å²) >= 11 is 0. The Kier molecular flexibility index (Phi) is 6.84. The van der Waals surface area contributed by atoms with Crippen LogP contribution in [0.2, 0.25) is 0 Å². The van der Waals surface area contributed by atoms with Crippen LogP contribution in [-0.2, 0) is 16.6 Å². The van der Waals surface area contributed by atoms with Crippen LogP contribution >= 0.6 is 0 Å². The lowest BCUT2D eigenvalue weighted by molar-refractivity contribution is -0.122. The number of carbonyl (C=O) groups is 2. The molecule has 2 aromatic rings. The van der Waals surface area contributed by atoms with E-state index in [-0.39, 0.29) is 30.2 Å². The van der Waals surface area contributed by atoms with Crippen LogP contribution in [0, 0.1) is 19.7 Å². The topological polar surface area (TPSA) is 82.5 Å². The lowest BCUT2D eigenvalue weighted by Crippen LogP contribution is -2.53. The number of hydrogen-bond donors (Lipinski definition) is 2. The number of carbonyl (C=O) groups excluding carboxylic acids is 2. The van der Waals surface area contributed by atoms with Crippen LogP contribution in [-0.4, -0.2) is 70.2 Å². The van der Waals surface area contributed by atoms with Gasteiger partial charge in [0, 0.05) is 38.9 Å². The largest absolute Gasteiger partial charge is 0.325 e. The fourth-order valence-electron chi connectivity index (χ4n) is 3.63. The van der Waals surface area contributed by atoms with Gasteiger partial charge >= 0.3 is 0 Å². The number of benzene rings is 1. The predicted octanol–water partition coefficient (Wildman–Crippen LogP) is 1.76. The molecular formula is C21H29FN6O2. The number of rotatable bonds is 6. The number of nitrogens with one attached hydrogen (secondary N) is 2. The molecule has 1 fully saturated rings. The summed E-state index contributed by atoms with van der Waals surface area (Å²) in [6.07, 6.45) is 0. The van der Waals surface area contributed by atoms with Crippen LogP contribution in [0.1, 0.15) is 18.3 Å². The van der Waals surface area contributed by atoms with Crippen molar-refractivity contribution in [2.75, 3.05) is 43.4 Å². The fourth-order valence-corrected chi connectivity index (χ4v) is 3.63. The highest BCUT2D eigenvalue weighted by molar-refractivity contribution is 5.95. The van der Waals surface area contributed by atoms with Gasteiger partial charge in [-0.15, -0.1) is 0 Å². The van der Waals surface area contributed by atoms with Gasteiger partial charge in [-0.2, -0.15) is 5.10 Å². The summed E-state index contributed by atoms with van der Waals surface area (Å²) in [5, 5.41) is 10.0. The molecule has 9 heteroatoms. The van der Waals surface area contributed by atoms with E-state index in [1.807, 2.05) is 32.7 Å². The molecule has 1 aliphatic rings. The molecule has 0 aliphatic carbocycles. The molecule has 0 saturated carbocycles. The Bertz CT molecular complexity index is 920. The average molecular weight is 417 g/mol. The minimum Gasteiger partial charge on any atom is -0.325 e. The third kappa shape index (κ3) is 5.22. The molecule has 2 N–H and O–H groups in total. The van der Waals surface area contributed by atoms with E-state index in [1.165, 1.54) is 12.1 Å². The van der Waals surface area contributed by atoms with Gasteiger partial charge in [-0.1, -0.05) is 6.07 Å². The molecule has 2 heterocycles. The first-order chi connectivity index (χ1) is 14.2. The Morgan fingerprint density at radius 2 is 1.87 bits per heavy atom. The summed E-state index contributed by atoms with van der Waals surface area (Å²) in [6.45, 7) is 8.66. The molecular weight excluding hydrogens is 387 g/mol. The van der Waals surface area contributed by atoms with Gasteiger partial charge in [-0.05, 0) is 39.0 Å². The fraction of sp³-hybridized carbons (Fsp3) is 0.476.